The first-order valence-electron chi connectivity index (χ1n) is 5.70. The fourth-order valence-electron chi connectivity index (χ4n) is 2.22. The van der Waals surface area contributed by atoms with Crippen LogP contribution in [0.4, 0.5) is 5.69 Å². The van der Waals surface area contributed by atoms with E-state index < -0.39 is 0 Å². The molecule has 0 aliphatic heterocycles. The zero-order valence-electron chi connectivity index (χ0n) is 9.30. The molecule has 0 saturated heterocycles. The Kier molecular flexibility index (Phi) is 3.53. The van der Waals surface area contributed by atoms with E-state index in [-0.39, 0.29) is 0 Å². The van der Waals surface area contributed by atoms with Gasteiger partial charge in [-0.05, 0) is 48.9 Å². The van der Waals surface area contributed by atoms with Gasteiger partial charge in [-0.15, -0.1) is 11.6 Å². The highest BCUT2D eigenvalue weighted by atomic mass is 35.5. The van der Waals surface area contributed by atoms with Crippen molar-refractivity contribution in [3.05, 3.63) is 29.3 Å². The van der Waals surface area contributed by atoms with Crippen molar-refractivity contribution in [2.24, 2.45) is 0 Å². The van der Waals surface area contributed by atoms with Crippen LogP contribution in [0.2, 0.25) is 0 Å². The molecule has 0 N–H and O–H groups in total. The van der Waals surface area contributed by atoms with E-state index in [4.69, 9.17) is 11.6 Å². The van der Waals surface area contributed by atoms with Crippen molar-refractivity contribution in [1.29, 1.82) is 0 Å². The number of halogens is 1. The maximum Gasteiger partial charge on any atom is 0.0366 e. The minimum Gasteiger partial charge on any atom is -0.375 e. The Bertz CT molecular complexity index is 335. The number of fused-ring (bicyclic) bond motifs is 1. The summed E-state index contributed by atoms with van der Waals surface area (Å²) in [4.78, 5) is 2.29. The summed E-state index contributed by atoms with van der Waals surface area (Å²) in [5, 5.41) is 0. The number of rotatable bonds is 4. The Labute approximate surface area is 97.0 Å². The molecule has 1 aliphatic rings. The summed E-state index contributed by atoms with van der Waals surface area (Å²) < 4.78 is 0. The molecule has 1 aromatic rings. The summed E-state index contributed by atoms with van der Waals surface area (Å²) >= 11 is 5.70. The molecule has 0 radical (unpaired) electrons. The van der Waals surface area contributed by atoms with E-state index in [1.807, 2.05) is 0 Å². The van der Waals surface area contributed by atoms with Crippen LogP contribution in [-0.2, 0) is 12.8 Å². The topological polar surface area (TPSA) is 3.24 Å². The minimum atomic E-state index is 0.745. The third-order valence-electron chi connectivity index (χ3n) is 3.15. The van der Waals surface area contributed by atoms with Gasteiger partial charge in [0.2, 0.25) is 0 Å². The zero-order chi connectivity index (χ0) is 10.7. The largest absolute Gasteiger partial charge is 0.375 e. The van der Waals surface area contributed by atoms with E-state index >= 15 is 0 Å². The first kappa shape index (κ1) is 10.8. The second kappa shape index (κ2) is 4.89. The molecule has 82 valence electrons. The number of anilines is 1. The molecule has 0 spiro atoms. The smallest absolute Gasteiger partial charge is 0.0366 e. The van der Waals surface area contributed by atoms with Gasteiger partial charge >= 0.3 is 0 Å². The summed E-state index contributed by atoms with van der Waals surface area (Å²) in [5.74, 6) is 0.745. The van der Waals surface area contributed by atoms with Crippen molar-refractivity contribution >= 4 is 17.3 Å². The van der Waals surface area contributed by atoms with Gasteiger partial charge in [-0.3, -0.25) is 0 Å². The molecule has 0 bridgehead atoms. The Balaban J connectivity index is 2.08. The van der Waals surface area contributed by atoms with E-state index in [9.17, 15) is 0 Å². The number of aryl methyl sites for hydroxylation is 2. The van der Waals surface area contributed by atoms with Gasteiger partial charge in [-0.2, -0.15) is 0 Å². The van der Waals surface area contributed by atoms with Crippen molar-refractivity contribution in [3.8, 4) is 0 Å². The summed E-state index contributed by atoms with van der Waals surface area (Å²) in [6.45, 7) is 1.04. The van der Waals surface area contributed by atoms with Crippen LogP contribution in [0, 0.1) is 0 Å². The Morgan fingerprint density at radius 2 is 2.07 bits per heavy atom. The first-order chi connectivity index (χ1) is 7.31. The normalized spacial score (nSPS) is 14.0. The van der Waals surface area contributed by atoms with Crippen LogP contribution in [0.1, 0.15) is 24.0 Å². The number of benzene rings is 1. The molecule has 0 aromatic heterocycles. The van der Waals surface area contributed by atoms with Gasteiger partial charge in [0.1, 0.15) is 0 Å². The summed E-state index contributed by atoms with van der Waals surface area (Å²) in [6.07, 6.45) is 4.90. The Morgan fingerprint density at radius 3 is 2.87 bits per heavy atom. The molecule has 15 heavy (non-hydrogen) atoms. The maximum absolute atomic E-state index is 5.70. The highest BCUT2D eigenvalue weighted by Crippen LogP contribution is 2.26. The number of nitrogens with zero attached hydrogens (tertiary/aromatic N) is 1. The Hall–Kier alpha value is -0.690. The second-order valence-electron chi connectivity index (χ2n) is 4.27. The molecular formula is C13H18ClN. The van der Waals surface area contributed by atoms with Crippen LogP contribution in [0.3, 0.4) is 0 Å². The highest BCUT2D eigenvalue weighted by Gasteiger charge is 2.11. The van der Waals surface area contributed by atoms with E-state index in [2.05, 4.69) is 30.1 Å². The predicted octanol–water partition coefficient (Wildman–Crippen LogP) is 3.24. The average Bonchev–Trinajstić information content (AvgIpc) is 2.72. The van der Waals surface area contributed by atoms with Crippen molar-refractivity contribution in [3.63, 3.8) is 0 Å². The average molecular weight is 224 g/mol. The molecule has 1 aliphatic carbocycles. The minimum absolute atomic E-state index is 0.745. The third kappa shape index (κ3) is 2.46. The van der Waals surface area contributed by atoms with Crippen molar-refractivity contribution in [1.82, 2.24) is 0 Å². The standard InChI is InChI=1S/C13H18ClN/c1-15(9-3-8-14)13-7-6-11-4-2-5-12(11)10-13/h6-7,10H,2-5,8-9H2,1H3. The van der Waals surface area contributed by atoms with Crippen LogP contribution in [0.15, 0.2) is 18.2 Å². The second-order valence-corrected chi connectivity index (χ2v) is 4.65. The van der Waals surface area contributed by atoms with Crippen LogP contribution < -0.4 is 4.90 Å². The first-order valence-corrected chi connectivity index (χ1v) is 6.23. The number of hydrogen-bond donors (Lipinski definition) is 0. The Morgan fingerprint density at radius 1 is 1.27 bits per heavy atom. The van der Waals surface area contributed by atoms with Gasteiger partial charge < -0.3 is 4.90 Å². The zero-order valence-corrected chi connectivity index (χ0v) is 10.1. The fourth-order valence-corrected chi connectivity index (χ4v) is 2.34. The molecule has 0 atom stereocenters. The lowest BCUT2D eigenvalue weighted by molar-refractivity contribution is 0.855. The molecule has 0 fully saturated rings. The quantitative estimate of drug-likeness (QED) is 0.709. The molecule has 0 amide bonds. The molecule has 0 heterocycles. The molecule has 2 heteroatoms. The third-order valence-corrected chi connectivity index (χ3v) is 3.42. The highest BCUT2D eigenvalue weighted by molar-refractivity contribution is 6.17. The number of hydrogen-bond acceptors (Lipinski definition) is 1. The monoisotopic (exact) mass is 223 g/mol. The fraction of sp³-hybridized carbons (Fsp3) is 0.538. The van der Waals surface area contributed by atoms with Crippen LogP contribution in [0.25, 0.3) is 0 Å². The molecular weight excluding hydrogens is 206 g/mol. The lowest BCUT2D eigenvalue weighted by Gasteiger charge is -2.19. The van der Waals surface area contributed by atoms with Gasteiger partial charge in [-0.25, -0.2) is 0 Å². The van der Waals surface area contributed by atoms with Crippen molar-refractivity contribution in [2.75, 3.05) is 24.4 Å². The van der Waals surface area contributed by atoms with Gasteiger partial charge in [0.05, 0.1) is 0 Å². The van der Waals surface area contributed by atoms with E-state index in [0.29, 0.717) is 0 Å². The predicted molar refractivity (Wildman–Crippen MR) is 67.1 cm³/mol. The van der Waals surface area contributed by atoms with E-state index in [1.54, 1.807) is 11.1 Å². The van der Waals surface area contributed by atoms with Gasteiger partial charge in [0, 0.05) is 25.2 Å². The van der Waals surface area contributed by atoms with Crippen molar-refractivity contribution in [2.45, 2.75) is 25.7 Å². The summed E-state index contributed by atoms with van der Waals surface area (Å²) in [7, 11) is 2.14. The molecule has 0 unspecified atom stereocenters. The van der Waals surface area contributed by atoms with E-state index in [1.165, 1.54) is 24.9 Å². The summed E-state index contributed by atoms with van der Waals surface area (Å²) in [5.41, 5.74) is 4.43. The van der Waals surface area contributed by atoms with Crippen LogP contribution >= 0.6 is 11.6 Å². The van der Waals surface area contributed by atoms with Crippen molar-refractivity contribution < 1.29 is 0 Å². The molecule has 1 aromatic carbocycles. The van der Waals surface area contributed by atoms with Crippen LogP contribution in [0.5, 0.6) is 0 Å². The van der Waals surface area contributed by atoms with Gasteiger partial charge in [0.15, 0.2) is 0 Å². The van der Waals surface area contributed by atoms with Crippen LogP contribution in [-0.4, -0.2) is 19.5 Å². The summed E-state index contributed by atoms with van der Waals surface area (Å²) in [6, 6.07) is 6.86. The number of alkyl halides is 1. The lowest BCUT2D eigenvalue weighted by Crippen LogP contribution is -2.18. The lowest BCUT2D eigenvalue weighted by atomic mass is 10.1. The SMILES string of the molecule is CN(CCCCl)c1ccc2c(c1)CCC2. The molecule has 2 rings (SSSR count). The molecule has 1 nitrogen and oxygen atoms in total. The maximum atomic E-state index is 5.70. The van der Waals surface area contributed by atoms with E-state index in [0.717, 1.165) is 18.8 Å². The molecule has 0 saturated carbocycles. The van der Waals surface area contributed by atoms with Gasteiger partial charge in [0.25, 0.3) is 0 Å². The van der Waals surface area contributed by atoms with Gasteiger partial charge in [-0.1, -0.05) is 6.07 Å².